The van der Waals surface area contributed by atoms with E-state index in [9.17, 15) is 13.2 Å². The van der Waals surface area contributed by atoms with Gasteiger partial charge in [-0.25, -0.2) is 18.4 Å². The van der Waals surface area contributed by atoms with Crippen molar-refractivity contribution in [2.45, 2.75) is 51.5 Å². The molecule has 1 aliphatic rings. The monoisotopic (exact) mass is 365 g/mol. The van der Waals surface area contributed by atoms with E-state index in [1.165, 1.54) is 25.1 Å². The number of imidazole rings is 1. The number of carboxylic acid groups (broad SMARTS) is 1. The van der Waals surface area contributed by atoms with Crippen LogP contribution in [-0.4, -0.2) is 39.8 Å². The molecule has 2 aromatic rings. The predicted octanol–water partition coefficient (Wildman–Crippen LogP) is 2.29. The summed E-state index contributed by atoms with van der Waals surface area (Å²) in [5, 5.41) is 8.79. The molecule has 2 aromatic heterocycles. The highest BCUT2D eigenvalue weighted by molar-refractivity contribution is 7.92. The first-order valence-electron chi connectivity index (χ1n) is 8.35. The minimum atomic E-state index is -3.91. The average molecular weight is 365 g/mol. The van der Waals surface area contributed by atoms with Crippen molar-refractivity contribution < 1.29 is 18.3 Å². The Morgan fingerprint density at radius 2 is 2.04 bits per heavy atom. The van der Waals surface area contributed by atoms with E-state index in [1.54, 1.807) is 0 Å². The van der Waals surface area contributed by atoms with Crippen LogP contribution in [-0.2, 0) is 27.6 Å². The van der Waals surface area contributed by atoms with E-state index in [0.717, 1.165) is 18.8 Å². The van der Waals surface area contributed by atoms with Gasteiger partial charge in [0.25, 0.3) is 0 Å². The van der Waals surface area contributed by atoms with Gasteiger partial charge in [0.2, 0.25) is 0 Å². The van der Waals surface area contributed by atoms with E-state index in [0.29, 0.717) is 17.1 Å². The highest BCUT2D eigenvalue weighted by atomic mass is 32.2. The number of rotatable bonds is 6. The summed E-state index contributed by atoms with van der Waals surface area (Å²) in [5.41, 5.74) is 1.22. The van der Waals surface area contributed by atoms with Crippen LogP contribution in [0, 0.1) is 11.3 Å². The summed E-state index contributed by atoms with van der Waals surface area (Å²) in [7, 11) is -3.91. The van der Waals surface area contributed by atoms with E-state index < -0.39 is 21.6 Å². The minimum Gasteiger partial charge on any atom is -0.480 e. The molecule has 3 rings (SSSR count). The maximum Gasteiger partial charge on any atom is 0.319 e. The molecule has 7 nitrogen and oxygen atoms in total. The molecule has 8 heteroatoms. The van der Waals surface area contributed by atoms with Crippen molar-refractivity contribution in [3.63, 3.8) is 0 Å². The number of aliphatic carboxylic acids is 1. The summed E-state index contributed by atoms with van der Waals surface area (Å²) in [4.78, 5) is 19.6. The van der Waals surface area contributed by atoms with Crippen molar-refractivity contribution in [3.05, 3.63) is 18.1 Å². The second kappa shape index (κ2) is 6.09. The Morgan fingerprint density at radius 1 is 1.36 bits per heavy atom. The number of carboxylic acids is 1. The van der Waals surface area contributed by atoms with Crippen molar-refractivity contribution in [1.82, 2.24) is 14.5 Å². The van der Waals surface area contributed by atoms with Gasteiger partial charge in [-0.15, -0.1) is 0 Å². The normalized spacial score (nSPS) is 15.6. The van der Waals surface area contributed by atoms with Crippen molar-refractivity contribution in [2.24, 2.45) is 11.3 Å². The minimum absolute atomic E-state index is 0.0426. The second-order valence-electron chi connectivity index (χ2n) is 7.99. The molecule has 0 unspecified atom stereocenters. The zero-order valence-corrected chi connectivity index (χ0v) is 15.5. The number of pyridine rings is 1. The Hall–Kier alpha value is -1.96. The number of hydrogen-bond acceptors (Lipinski definition) is 5. The molecule has 0 spiro atoms. The molecule has 0 aromatic carbocycles. The third kappa shape index (κ3) is 4.18. The predicted molar refractivity (Wildman–Crippen MR) is 93.1 cm³/mol. The Balaban J connectivity index is 2.06. The van der Waals surface area contributed by atoms with E-state index in [4.69, 9.17) is 5.11 Å². The fourth-order valence-corrected chi connectivity index (χ4v) is 3.81. The summed E-state index contributed by atoms with van der Waals surface area (Å²) in [6, 6.07) is 1.44. The Morgan fingerprint density at radius 3 is 2.60 bits per heavy atom. The van der Waals surface area contributed by atoms with Gasteiger partial charge in [0.05, 0.1) is 4.90 Å². The van der Waals surface area contributed by atoms with Gasteiger partial charge in [0.15, 0.2) is 21.2 Å². The van der Waals surface area contributed by atoms with Gasteiger partial charge in [-0.05, 0) is 30.2 Å². The maximum absolute atomic E-state index is 12.1. The van der Waals surface area contributed by atoms with Crippen LogP contribution >= 0.6 is 0 Å². The second-order valence-corrected chi connectivity index (χ2v) is 9.98. The Kier molecular flexibility index (Phi) is 4.35. The molecule has 0 atom stereocenters. The first-order valence-corrected chi connectivity index (χ1v) is 10.0. The van der Waals surface area contributed by atoms with Crippen LogP contribution in [0.5, 0.6) is 0 Å². The lowest BCUT2D eigenvalue weighted by atomic mass is 9.92. The van der Waals surface area contributed by atoms with Crippen LogP contribution in [0.1, 0.15) is 39.4 Å². The van der Waals surface area contributed by atoms with Gasteiger partial charge in [-0.3, -0.25) is 4.79 Å². The number of fused-ring (bicyclic) bond motifs is 1. The van der Waals surface area contributed by atoms with Crippen LogP contribution in [0.2, 0.25) is 0 Å². The van der Waals surface area contributed by atoms with E-state index in [1.807, 2.05) is 0 Å². The third-order valence-electron chi connectivity index (χ3n) is 4.14. The summed E-state index contributed by atoms with van der Waals surface area (Å²) in [6.45, 7) is 7.23. The standard InChI is InChI=1S/C17H23N3O4S/c1-17(2,3)7-14-19-13-6-12(25(23,24)10-15(21)22)8-18-16(13)20(14)9-11-4-5-11/h6,8,11H,4-5,7,9-10H2,1-3H3,(H,21,22). The molecule has 136 valence electrons. The van der Waals surface area contributed by atoms with Crippen molar-refractivity contribution in [3.8, 4) is 0 Å². The molecular weight excluding hydrogens is 342 g/mol. The zero-order valence-electron chi connectivity index (χ0n) is 14.7. The molecule has 0 amide bonds. The topological polar surface area (TPSA) is 102 Å². The Labute approximate surface area is 147 Å². The fourth-order valence-electron chi connectivity index (χ4n) is 2.82. The van der Waals surface area contributed by atoms with Crippen LogP contribution in [0.25, 0.3) is 11.2 Å². The molecule has 25 heavy (non-hydrogen) atoms. The van der Waals surface area contributed by atoms with Crippen molar-refractivity contribution >= 4 is 27.0 Å². The number of sulfone groups is 1. The quantitative estimate of drug-likeness (QED) is 0.842. The first kappa shape index (κ1) is 17.8. The van der Waals surface area contributed by atoms with Gasteiger partial charge < -0.3 is 9.67 Å². The maximum atomic E-state index is 12.1. The molecule has 0 aliphatic heterocycles. The van der Waals surface area contributed by atoms with Crippen LogP contribution in [0.3, 0.4) is 0 Å². The smallest absolute Gasteiger partial charge is 0.319 e. The number of aromatic nitrogens is 3. The highest BCUT2D eigenvalue weighted by Gasteiger charge is 2.27. The lowest BCUT2D eigenvalue weighted by Crippen LogP contribution is -2.16. The molecule has 1 fully saturated rings. The van der Waals surface area contributed by atoms with Gasteiger partial charge in [-0.2, -0.15) is 0 Å². The van der Waals surface area contributed by atoms with Gasteiger partial charge in [0.1, 0.15) is 11.3 Å². The first-order chi connectivity index (χ1) is 11.5. The summed E-state index contributed by atoms with van der Waals surface area (Å²) < 4.78 is 26.4. The summed E-state index contributed by atoms with van der Waals surface area (Å²) in [6.07, 6.45) is 4.39. The number of hydrogen-bond donors (Lipinski definition) is 1. The third-order valence-corrected chi connectivity index (χ3v) is 5.71. The molecule has 0 bridgehead atoms. The number of carbonyl (C=O) groups is 1. The summed E-state index contributed by atoms with van der Waals surface area (Å²) >= 11 is 0. The largest absolute Gasteiger partial charge is 0.480 e. The van der Waals surface area contributed by atoms with E-state index in [-0.39, 0.29) is 10.3 Å². The average Bonchev–Trinajstić information content (AvgIpc) is 3.19. The number of nitrogens with zero attached hydrogens (tertiary/aromatic N) is 3. The SMILES string of the molecule is CC(C)(C)Cc1nc2cc(S(=O)(=O)CC(=O)O)cnc2n1CC1CC1. The molecule has 0 radical (unpaired) electrons. The zero-order chi connectivity index (χ0) is 18.4. The van der Waals surface area contributed by atoms with E-state index in [2.05, 4.69) is 35.3 Å². The molecule has 1 aliphatic carbocycles. The van der Waals surface area contributed by atoms with Gasteiger partial charge >= 0.3 is 5.97 Å². The lowest BCUT2D eigenvalue weighted by molar-refractivity contribution is -0.134. The highest BCUT2D eigenvalue weighted by Crippen LogP contribution is 2.33. The van der Waals surface area contributed by atoms with Crippen molar-refractivity contribution in [1.29, 1.82) is 0 Å². The summed E-state index contributed by atoms with van der Waals surface area (Å²) in [5.74, 6) is -0.798. The van der Waals surface area contributed by atoms with Crippen LogP contribution in [0.4, 0.5) is 0 Å². The van der Waals surface area contributed by atoms with Gasteiger partial charge in [0, 0.05) is 19.2 Å². The molecule has 1 N–H and O–H groups in total. The Bertz CT molecular complexity index is 921. The van der Waals surface area contributed by atoms with Crippen LogP contribution < -0.4 is 0 Å². The van der Waals surface area contributed by atoms with Gasteiger partial charge in [-0.1, -0.05) is 20.8 Å². The fraction of sp³-hybridized carbons (Fsp3) is 0.588. The molecule has 2 heterocycles. The van der Waals surface area contributed by atoms with E-state index >= 15 is 0 Å². The van der Waals surface area contributed by atoms with Crippen LogP contribution in [0.15, 0.2) is 17.2 Å². The molecule has 0 saturated heterocycles. The lowest BCUT2D eigenvalue weighted by Gasteiger charge is -2.18. The molecular formula is C17H23N3O4S. The molecule has 1 saturated carbocycles. The van der Waals surface area contributed by atoms with Crippen molar-refractivity contribution in [2.75, 3.05) is 5.75 Å².